The number of pyridine rings is 1. The molecule has 1 aromatic rings. The van der Waals surface area contributed by atoms with Gasteiger partial charge in [0.25, 0.3) is 0 Å². The lowest BCUT2D eigenvalue weighted by molar-refractivity contribution is 0.219. The van der Waals surface area contributed by atoms with Crippen LogP contribution >= 0.6 is 0 Å². The number of anilines is 1. The number of aliphatic hydroxyl groups excluding tert-OH is 1. The van der Waals surface area contributed by atoms with Crippen molar-refractivity contribution >= 4 is 15.8 Å². The Bertz CT molecular complexity index is 515. The Labute approximate surface area is 120 Å². The van der Waals surface area contributed by atoms with Gasteiger partial charge in [-0.1, -0.05) is 13.8 Å². The van der Waals surface area contributed by atoms with E-state index < -0.39 is 10.0 Å². The molecule has 7 heteroatoms. The number of aromatic nitrogens is 1. The molecule has 0 bridgehead atoms. The Hall–Kier alpha value is -1.18. The van der Waals surface area contributed by atoms with Gasteiger partial charge in [-0.2, -0.15) is 4.31 Å². The molecule has 0 fully saturated rings. The van der Waals surface area contributed by atoms with Gasteiger partial charge in [0.2, 0.25) is 10.0 Å². The van der Waals surface area contributed by atoms with Gasteiger partial charge >= 0.3 is 0 Å². The van der Waals surface area contributed by atoms with Crippen LogP contribution in [0.2, 0.25) is 0 Å². The van der Waals surface area contributed by atoms with Gasteiger partial charge in [0.15, 0.2) is 0 Å². The molecule has 0 aliphatic rings. The van der Waals surface area contributed by atoms with E-state index >= 15 is 0 Å². The molecule has 0 radical (unpaired) electrons. The zero-order valence-electron chi connectivity index (χ0n) is 12.2. The molecule has 0 atom stereocenters. The standard InChI is InChI=1S/C13H23N3O3S/c1-4-11(5-2)16(8-9-17)20(18,19)12-6-7-15-13(10-12)14-3/h6-7,10-11,17H,4-5,8-9H2,1-3H3,(H,14,15). The second-order valence-corrected chi connectivity index (χ2v) is 6.33. The predicted molar refractivity (Wildman–Crippen MR) is 79.1 cm³/mol. The first-order chi connectivity index (χ1) is 9.51. The predicted octanol–water partition coefficient (Wildman–Crippen LogP) is 1.29. The fourth-order valence-electron chi connectivity index (χ4n) is 2.14. The molecule has 0 aliphatic heterocycles. The molecular weight excluding hydrogens is 278 g/mol. The molecule has 0 aliphatic carbocycles. The number of nitrogens with zero attached hydrogens (tertiary/aromatic N) is 2. The van der Waals surface area contributed by atoms with Crippen molar-refractivity contribution in [2.75, 3.05) is 25.5 Å². The van der Waals surface area contributed by atoms with Crippen molar-refractivity contribution in [1.29, 1.82) is 0 Å². The highest BCUT2D eigenvalue weighted by Crippen LogP contribution is 2.22. The number of hydrogen-bond donors (Lipinski definition) is 2. The highest BCUT2D eigenvalue weighted by molar-refractivity contribution is 7.89. The first-order valence-electron chi connectivity index (χ1n) is 6.77. The Morgan fingerprint density at radius 1 is 1.40 bits per heavy atom. The highest BCUT2D eigenvalue weighted by Gasteiger charge is 2.29. The molecule has 0 amide bonds. The van der Waals surface area contributed by atoms with Gasteiger partial charge in [-0.25, -0.2) is 13.4 Å². The molecule has 1 aromatic heterocycles. The van der Waals surface area contributed by atoms with Crippen LogP contribution in [-0.2, 0) is 10.0 Å². The third-order valence-electron chi connectivity index (χ3n) is 3.26. The van der Waals surface area contributed by atoms with E-state index in [1.807, 2.05) is 13.8 Å². The van der Waals surface area contributed by atoms with Crippen molar-refractivity contribution in [3.05, 3.63) is 18.3 Å². The van der Waals surface area contributed by atoms with Crippen LogP contribution in [0.15, 0.2) is 23.2 Å². The fourth-order valence-corrected chi connectivity index (χ4v) is 3.91. The normalized spacial score (nSPS) is 12.1. The van der Waals surface area contributed by atoms with E-state index in [9.17, 15) is 8.42 Å². The van der Waals surface area contributed by atoms with E-state index in [0.717, 1.165) is 0 Å². The molecule has 1 rings (SSSR count). The summed E-state index contributed by atoms with van der Waals surface area (Å²) in [6, 6.07) is 2.86. The average Bonchev–Trinajstić information content (AvgIpc) is 2.47. The van der Waals surface area contributed by atoms with Crippen LogP contribution in [0, 0.1) is 0 Å². The Morgan fingerprint density at radius 3 is 2.55 bits per heavy atom. The summed E-state index contributed by atoms with van der Waals surface area (Å²) in [5.41, 5.74) is 0. The maximum atomic E-state index is 12.7. The van der Waals surface area contributed by atoms with Gasteiger partial charge in [-0.3, -0.25) is 0 Å². The topological polar surface area (TPSA) is 82.5 Å². The maximum absolute atomic E-state index is 12.7. The molecule has 0 unspecified atom stereocenters. The fraction of sp³-hybridized carbons (Fsp3) is 0.615. The molecule has 2 N–H and O–H groups in total. The van der Waals surface area contributed by atoms with Crippen molar-refractivity contribution in [3.8, 4) is 0 Å². The highest BCUT2D eigenvalue weighted by atomic mass is 32.2. The molecule has 114 valence electrons. The second kappa shape index (κ2) is 7.56. The van der Waals surface area contributed by atoms with Gasteiger partial charge < -0.3 is 10.4 Å². The number of aliphatic hydroxyl groups is 1. The van der Waals surface area contributed by atoms with E-state index in [1.54, 1.807) is 7.05 Å². The quantitative estimate of drug-likeness (QED) is 0.756. The summed E-state index contributed by atoms with van der Waals surface area (Å²) in [4.78, 5) is 4.21. The summed E-state index contributed by atoms with van der Waals surface area (Å²) in [5.74, 6) is 0.500. The summed E-state index contributed by atoms with van der Waals surface area (Å²) in [6.45, 7) is 3.80. The summed E-state index contributed by atoms with van der Waals surface area (Å²) in [7, 11) is -1.94. The molecule has 6 nitrogen and oxygen atoms in total. The van der Waals surface area contributed by atoms with Crippen LogP contribution in [0.3, 0.4) is 0 Å². The minimum atomic E-state index is -3.63. The van der Waals surface area contributed by atoms with E-state index in [1.165, 1.54) is 22.6 Å². The van der Waals surface area contributed by atoms with E-state index in [2.05, 4.69) is 10.3 Å². The van der Waals surface area contributed by atoms with Gasteiger partial charge in [0, 0.05) is 31.9 Å². The molecule has 0 saturated heterocycles. The van der Waals surface area contributed by atoms with E-state index in [-0.39, 0.29) is 24.1 Å². The van der Waals surface area contributed by atoms with Crippen molar-refractivity contribution in [2.45, 2.75) is 37.6 Å². The second-order valence-electron chi connectivity index (χ2n) is 4.44. The van der Waals surface area contributed by atoms with Crippen molar-refractivity contribution in [2.24, 2.45) is 0 Å². The molecule has 1 heterocycles. The van der Waals surface area contributed by atoms with Gasteiger partial charge in [-0.05, 0) is 18.9 Å². The average molecular weight is 301 g/mol. The number of sulfonamides is 1. The van der Waals surface area contributed by atoms with Gasteiger partial charge in [0.1, 0.15) is 5.82 Å². The van der Waals surface area contributed by atoms with Crippen molar-refractivity contribution < 1.29 is 13.5 Å². The Kier molecular flexibility index (Phi) is 6.38. The monoisotopic (exact) mass is 301 g/mol. The van der Waals surface area contributed by atoms with Crippen LogP contribution in [-0.4, -0.2) is 49.1 Å². The van der Waals surface area contributed by atoms with Crippen LogP contribution < -0.4 is 5.32 Å². The lowest BCUT2D eigenvalue weighted by atomic mass is 10.2. The van der Waals surface area contributed by atoms with Gasteiger partial charge in [-0.15, -0.1) is 0 Å². The lowest BCUT2D eigenvalue weighted by Crippen LogP contribution is -2.41. The van der Waals surface area contributed by atoms with Crippen LogP contribution in [0.5, 0.6) is 0 Å². The van der Waals surface area contributed by atoms with Gasteiger partial charge in [0.05, 0.1) is 11.5 Å². The van der Waals surface area contributed by atoms with E-state index in [0.29, 0.717) is 18.7 Å². The van der Waals surface area contributed by atoms with Crippen LogP contribution in [0.4, 0.5) is 5.82 Å². The third-order valence-corrected chi connectivity index (χ3v) is 5.21. The largest absolute Gasteiger partial charge is 0.395 e. The molecule has 0 aromatic carbocycles. The number of nitrogens with one attached hydrogen (secondary N) is 1. The molecule has 0 spiro atoms. The zero-order valence-corrected chi connectivity index (χ0v) is 13.0. The first-order valence-corrected chi connectivity index (χ1v) is 8.21. The smallest absolute Gasteiger partial charge is 0.243 e. The lowest BCUT2D eigenvalue weighted by Gasteiger charge is -2.29. The molecule has 20 heavy (non-hydrogen) atoms. The SMILES string of the molecule is CCC(CC)N(CCO)S(=O)(=O)c1ccnc(NC)c1. The maximum Gasteiger partial charge on any atom is 0.243 e. The Morgan fingerprint density at radius 2 is 2.05 bits per heavy atom. The summed E-state index contributed by atoms with van der Waals surface area (Å²) >= 11 is 0. The summed E-state index contributed by atoms with van der Waals surface area (Å²) in [5, 5.41) is 12.0. The molecular formula is C13H23N3O3S. The molecule has 0 saturated carbocycles. The summed E-state index contributed by atoms with van der Waals surface area (Å²) < 4.78 is 26.8. The van der Waals surface area contributed by atoms with Crippen LogP contribution in [0.25, 0.3) is 0 Å². The Balaban J connectivity index is 3.21. The minimum Gasteiger partial charge on any atom is -0.395 e. The van der Waals surface area contributed by atoms with E-state index in [4.69, 9.17) is 5.11 Å². The van der Waals surface area contributed by atoms with Crippen molar-refractivity contribution in [3.63, 3.8) is 0 Å². The first kappa shape index (κ1) is 16.9. The number of hydrogen-bond acceptors (Lipinski definition) is 5. The minimum absolute atomic E-state index is 0.103. The summed E-state index contributed by atoms with van der Waals surface area (Å²) in [6.07, 6.45) is 2.88. The third kappa shape index (κ3) is 3.68. The van der Waals surface area contributed by atoms with Crippen LogP contribution in [0.1, 0.15) is 26.7 Å². The van der Waals surface area contributed by atoms with Crippen molar-refractivity contribution in [1.82, 2.24) is 9.29 Å². The number of rotatable bonds is 8. The zero-order chi connectivity index (χ0) is 15.2.